The van der Waals surface area contributed by atoms with E-state index in [4.69, 9.17) is 4.74 Å². The summed E-state index contributed by atoms with van der Waals surface area (Å²) in [6.07, 6.45) is 2.14. The highest BCUT2D eigenvalue weighted by molar-refractivity contribution is 8.01. The van der Waals surface area contributed by atoms with Gasteiger partial charge in [-0.15, -0.1) is 11.3 Å². The molecule has 2 heterocycles. The Morgan fingerprint density at radius 2 is 2.06 bits per heavy atom. The highest BCUT2D eigenvalue weighted by Gasteiger charge is 2.16. The lowest BCUT2D eigenvalue weighted by Crippen LogP contribution is -2.32. The van der Waals surface area contributed by atoms with Gasteiger partial charge in [0, 0.05) is 36.5 Å². The van der Waals surface area contributed by atoms with Crippen LogP contribution in [0.5, 0.6) is 0 Å². The topological polar surface area (TPSA) is 123 Å². The van der Waals surface area contributed by atoms with Crippen molar-refractivity contribution in [3.63, 3.8) is 0 Å². The molecule has 1 aliphatic rings. The number of nitrogens with zero attached hydrogens (tertiary/aromatic N) is 2. The van der Waals surface area contributed by atoms with Gasteiger partial charge in [-0.1, -0.05) is 11.8 Å². The van der Waals surface area contributed by atoms with Crippen molar-refractivity contribution in [2.75, 3.05) is 24.2 Å². The van der Waals surface area contributed by atoms with Crippen molar-refractivity contribution >= 4 is 56.5 Å². The molecule has 1 aliphatic heterocycles. The second-order valence-electron chi connectivity index (χ2n) is 7.15. The zero-order chi connectivity index (χ0) is 22.5. The van der Waals surface area contributed by atoms with Gasteiger partial charge in [0.05, 0.1) is 27.0 Å². The number of hydrogen-bond donors (Lipinski definition) is 2. The number of thioether (sulfide) groups is 1. The number of nitrogens with one attached hydrogen (secondary N) is 2. The lowest BCUT2D eigenvalue weighted by molar-refractivity contribution is -0.384. The minimum Gasteiger partial charge on any atom is -0.376 e. The van der Waals surface area contributed by atoms with Gasteiger partial charge in [-0.3, -0.25) is 19.7 Å². The molecule has 0 radical (unpaired) electrons. The van der Waals surface area contributed by atoms with Crippen LogP contribution >= 0.6 is 23.1 Å². The average molecular weight is 473 g/mol. The number of carbonyl (C=O) groups excluding carboxylic acids is 2. The molecule has 2 N–H and O–H groups in total. The Bertz CT molecular complexity index is 1140. The van der Waals surface area contributed by atoms with Gasteiger partial charge in [0.25, 0.3) is 11.6 Å². The summed E-state index contributed by atoms with van der Waals surface area (Å²) in [5.74, 6) is -0.141. The molecule has 1 saturated heterocycles. The molecule has 0 aliphatic carbocycles. The molecule has 166 valence electrons. The molecular weight excluding hydrogens is 452 g/mol. The number of fused-ring (bicyclic) bond motifs is 1. The second-order valence-corrected chi connectivity index (χ2v) is 9.40. The maximum absolute atomic E-state index is 12.4. The molecule has 3 aromatic rings. The highest BCUT2D eigenvalue weighted by atomic mass is 32.2. The first-order valence-electron chi connectivity index (χ1n) is 9.95. The number of aromatic nitrogens is 1. The third-order valence-corrected chi connectivity index (χ3v) is 7.01. The number of anilines is 1. The predicted octanol–water partition coefficient (Wildman–Crippen LogP) is 3.84. The van der Waals surface area contributed by atoms with Gasteiger partial charge in [0.1, 0.15) is 0 Å². The third-order valence-electron chi connectivity index (χ3n) is 4.84. The summed E-state index contributed by atoms with van der Waals surface area (Å²) in [7, 11) is 0. The fourth-order valence-corrected chi connectivity index (χ4v) is 5.13. The van der Waals surface area contributed by atoms with E-state index in [1.54, 1.807) is 12.1 Å². The lowest BCUT2D eigenvalue weighted by atomic mass is 10.2. The maximum atomic E-state index is 12.4. The molecule has 0 bridgehead atoms. The van der Waals surface area contributed by atoms with Gasteiger partial charge in [-0.25, -0.2) is 4.98 Å². The van der Waals surface area contributed by atoms with E-state index in [-0.39, 0.29) is 29.4 Å². The van der Waals surface area contributed by atoms with E-state index in [2.05, 4.69) is 15.6 Å². The summed E-state index contributed by atoms with van der Waals surface area (Å²) in [4.78, 5) is 39.2. The van der Waals surface area contributed by atoms with Crippen molar-refractivity contribution in [1.29, 1.82) is 0 Å². The summed E-state index contributed by atoms with van der Waals surface area (Å²) in [6, 6.07) is 10.8. The number of rotatable bonds is 8. The molecule has 11 heteroatoms. The molecule has 4 rings (SSSR count). The van der Waals surface area contributed by atoms with Crippen LogP contribution in [-0.4, -0.2) is 46.7 Å². The van der Waals surface area contributed by atoms with Crippen LogP contribution in [0.3, 0.4) is 0 Å². The Morgan fingerprint density at radius 1 is 1.25 bits per heavy atom. The summed E-state index contributed by atoms with van der Waals surface area (Å²) < 4.78 is 7.15. The smallest absolute Gasteiger partial charge is 0.269 e. The fourth-order valence-electron chi connectivity index (χ4n) is 3.19. The summed E-state index contributed by atoms with van der Waals surface area (Å²) >= 11 is 2.81. The van der Waals surface area contributed by atoms with Crippen LogP contribution in [0.2, 0.25) is 0 Å². The van der Waals surface area contributed by atoms with E-state index in [1.807, 2.05) is 6.07 Å². The van der Waals surface area contributed by atoms with Crippen LogP contribution in [0, 0.1) is 10.1 Å². The van der Waals surface area contributed by atoms with Crippen LogP contribution in [0.15, 0.2) is 46.8 Å². The van der Waals surface area contributed by atoms with Crippen molar-refractivity contribution in [3.05, 3.63) is 58.1 Å². The minimum absolute atomic E-state index is 0.0548. The van der Waals surface area contributed by atoms with E-state index >= 15 is 0 Å². The molecule has 0 spiro atoms. The standard InChI is InChI=1S/C21H20N4O5S2/c26-19(22-11-16-2-1-9-30-16)12-31-21-24-17-8-5-14(10-18(17)32-21)23-20(27)13-3-6-15(7-4-13)25(28)29/h3-8,10,16H,1-2,9,11-12H2,(H,22,26)(H,23,27). The molecule has 2 amide bonds. The summed E-state index contributed by atoms with van der Waals surface area (Å²) in [6.45, 7) is 1.30. The first-order valence-corrected chi connectivity index (χ1v) is 11.8. The van der Waals surface area contributed by atoms with Gasteiger partial charge >= 0.3 is 0 Å². The molecule has 2 aromatic carbocycles. The molecule has 32 heavy (non-hydrogen) atoms. The number of hydrogen-bond acceptors (Lipinski definition) is 8. The first-order chi connectivity index (χ1) is 15.5. The van der Waals surface area contributed by atoms with Crippen LogP contribution in [0.4, 0.5) is 11.4 Å². The maximum Gasteiger partial charge on any atom is 0.269 e. The molecule has 1 fully saturated rings. The molecular formula is C21H20N4O5S2. The van der Waals surface area contributed by atoms with Gasteiger partial charge in [0.15, 0.2) is 4.34 Å². The molecule has 1 atom stereocenters. The minimum atomic E-state index is -0.511. The van der Waals surface area contributed by atoms with E-state index in [0.717, 1.165) is 34.0 Å². The number of nitro benzene ring substituents is 1. The van der Waals surface area contributed by atoms with Crippen molar-refractivity contribution in [3.8, 4) is 0 Å². The van der Waals surface area contributed by atoms with Gasteiger partial charge in [-0.05, 0) is 43.2 Å². The molecule has 9 nitrogen and oxygen atoms in total. The number of ether oxygens (including phenoxy) is 1. The zero-order valence-corrected chi connectivity index (χ0v) is 18.5. The predicted molar refractivity (Wildman–Crippen MR) is 123 cm³/mol. The summed E-state index contributed by atoms with van der Waals surface area (Å²) in [5.41, 5.74) is 1.63. The van der Waals surface area contributed by atoms with Crippen molar-refractivity contribution in [2.24, 2.45) is 0 Å². The largest absolute Gasteiger partial charge is 0.376 e. The van der Waals surface area contributed by atoms with Gasteiger partial charge < -0.3 is 15.4 Å². The number of nitro groups is 1. The number of non-ortho nitro benzene ring substituents is 1. The first kappa shape index (κ1) is 22.2. The highest BCUT2D eigenvalue weighted by Crippen LogP contribution is 2.31. The Morgan fingerprint density at radius 3 is 2.78 bits per heavy atom. The number of amides is 2. The van der Waals surface area contributed by atoms with Gasteiger partial charge in [-0.2, -0.15) is 0 Å². The normalized spacial score (nSPS) is 15.6. The fraction of sp³-hybridized carbons (Fsp3) is 0.286. The third kappa shape index (κ3) is 5.61. The molecule has 1 aromatic heterocycles. The Kier molecular flexibility index (Phi) is 6.98. The molecule has 0 saturated carbocycles. The number of benzene rings is 2. The van der Waals surface area contributed by atoms with E-state index in [9.17, 15) is 19.7 Å². The Labute approximate surface area is 191 Å². The monoisotopic (exact) mass is 472 g/mol. The SMILES string of the molecule is O=C(CSc1nc2ccc(NC(=O)c3ccc([N+](=O)[O-])cc3)cc2s1)NCC1CCCO1. The van der Waals surface area contributed by atoms with Crippen LogP contribution in [0.1, 0.15) is 23.2 Å². The van der Waals surface area contributed by atoms with Crippen LogP contribution in [-0.2, 0) is 9.53 Å². The Balaban J connectivity index is 1.33. The van der Waals surface area contributed by atoms with Crippen molar-refractivity contribution in [2.45, 2.75) is 23.3 Å². The Hall–Kier alpha value is -3.02. The number of thiazole rings is 1. The molecule has 1 unspecified atom stereocenters. The zero-order valence-electron chi connectivity index (χ0n) is 16.9. The van der Waals surface area contributed by atoms with E-state index in [1.165, 1.54) is 47.4 Å². The van der Waals surface area contributed by atoms with Crippen LogP contribution in [0.25, 0.3) is 10.2 Å². The van der Waals surface area contributed by atoms with E-state index < -0.39 is 4.92 Å². The van der Waals surface area contributed by atoms with Crippen molar-refractivity contribution in [1.82, 2.24) is 10.3 Å². The van der Waals surface area contributed by atoms with E-state index in [0.29, 0.717) is 17.8 Å². The quantitative estimate of drug-likeness (QED) is 0.290. The van der Waals surface area contributed by atoms with Gasteiger partial charge in [0.2, 0.25) is 5.91 Å². The lowest BCUT2D eigenvalue weighted by Gasteiger charge is -2.09. The van der Waals surface area contributed by atoms with Crippen molar-refractivity contribution < 1.29 is 19.2 Å². The number of carbonyl (C=O) groups is 2. The average Bonchev–Trinajstić information content (AvgIpc) is 3.45. The second kappa shape index (κ2) is 10.1. The van der Waals surface area contributed by atoms with Crippen LogP contribution < -0.4 is 10.6 Å². The summed E-state index contributed by atoms with van der Waals surface area (Å²) in [5, 5.41) is 16.4.